The number of nitrogens with zero attached hydrogens (tertiary/aromatic N) is 1. The Morgan fingerprint density at radius 3 is 2.33 bits per heavy atom. The van der Waals surface area contributed by atoms with Gasteiger partial charge < -0.3 is 15.4 Å². The first-order chi connectivity index (χ1) is 9.86. The van der Waals surface area contributed by atoms with E-state index in [0.717, 1.165) is 25.0 Å². The maximum Gasteiger partial charge on any atom is 0.416 e. The SMILES string of the molecule is NC1CCN(C(=O)COc2ccc(C(F)(F)F)cc2)CC1. The topological polar surface area (TPSA) is 55.6 Å². The Labute approximate surface area is 120 Å². The average Bonchev–Trinajstić information content (AvgIpc) is 2.45. The second-order valence-corrected chi connectivity index (χ2v) is 5.03. The molecule has 0 spiro atoms. The normalized spacial score (nSPS) is 16.9. The predicted octanol–water partition coefficient (Wildman–Crippen LogP) is 2.03. The van der Waals surface area contributed by atoms with Crippen molar-refractivity contribution in [3.05, 3.63) is 29.8 Å². The summed E-state index contributed by atoms with van der Waals surface area (Å²) in [5.41, 5.74) is 5.01. The number of benzene rings is 1. The zero-order valence-electron chi connectivity index (χ0n) is 11.4. The Kier molecular flexibility index (Phi) is 4.72. The Balaban J connectivity index is 1.84. The highest BCUT2D eigenvalue weighted by molar-refractivity contribution is 5.77. The zero-order chi connectivity index (χ0) is 15.5. The molecule has 1 aromatic carbocycles. The van der Waals surface area contributed by atoms with E-state index in [4.69, 9.17) is 10.5 Å². The summed E-state index contributed by atoms with van der Waals surface area (Å²) in [6.07, 6.45) is -2.86. The van der Waals surface area contributed by atoms with Crippen LogP contribution in [0.15, 0.2) is 24.3 Å². The quantitative estimate of drug-likeness (QED) is 0.929. The molecule has 1 aromatic rings. The molecule has 21 heavy (non-hydrogen) atoms. The van der Waals surface area contributed by atoms with Gasteiger partial charge in [0.1, 0.15) is 5.75 Å². The molecule has 1 saturated heterocycles. The van der Waals surface area contributed by atoms with E-state index in [1.807, 2.05) is 0 Å². The number of piperidine rings is 1. The Morgan fingerprint density at radius 2 is 1.81 bits per heavy atom. The summed E-state index contributed by atoms with van der Waals surface area (Å²) in [6.45, 7) is 1.01. The lowest BCUT2D eigenvalue weighted by atomic mass is 10.1. The van der Waals surface area contributed by atoms with Crippen LogP contribution in [0.5, 0.6) is 5.75 Å². The smallest absolute Gasteiger partial charge is 0.416 e. The van der Waals surface area contributed by atoms with Gasteiger partial charge in [0.2, 0.25) is 0 Å². The maximum atomic E-state index is 12.4. The fourth-order valence-corrected chi connectivity index (χ4v) is 2.13. The second-order valence-electron chi connectivity index (χ2n) is 5.03. The summed E-state index contributed by atoms with van der Waals surface area (Å²) in [7, 11) is 0. The minimum absolute atomic E-state index is 0.130. The molecule has 4 nitrogen and oxygen atoms in total. The number of amides is 1. The van der Waals surface area contributed by atoms with Gasteiger partial charge in [0.25, 0.3) is 5.91 Å². The van der Waals surface area contributed by atoms with Crippen LogP contribution < -0.4 is 10.5 Å². The summed E-state index contributed by atoms with van der Waals surface area (Å²) in [4.78, 5) is 13.5. The van der Waals surface area contributed by atoms with Gasteiger partial charge in [0.15, 0.2) is 6.61 Å². The van der Waals surface area contributed by atoms with Gasteiger partial charge in [-0.05, 0) is 37.1 Å². The fourth-order valence-electron chi connectivity index (χ4n) is 2.13. The first-order valence-electron chi connectivity index (χ1n) is 6.69. The monoisotopic (exact) mass is 302 g/mol. The Morgan fingerprint density at radius 1 is 1.24 bits per heavy atom. The molecule has 0 unspecified atom stereocenters. The van der Waals surface area contributed by atoms with Crippen molar-refractivity contribution in [1.29, 1.82) is 0 Å². The van der Waals surface area contributed by atoms with Gasteiger partial charge in [0, 0.05) is 19.1 Å². The first-order valence-corrected chi connectivity index (χ1v) is 6.69. The molecule has 1 amide bonds. The van der Waals surface area contributed by atoms with E-state index in [2.05, 4.69) is 0 Å². The van der Waals surface area contributed by atoms with E-state index in [-0.39, 0.29) is 24.3 Å². The van der Waals surface area contributed by atoms with Gasteiger partial charge in [-0.3, -0.25) is 4.79 Å². The highest BCUT2D eigenvalue weighted by Crippen LogP contribution is 2.30. The van der Waals surface area contributed by atoms with E-state index >= 15 is 0 Å². The third kappa shape index (κ3) is 4.35. The van der Waals surface area contributed by atoms with Crippen LogP contribution in [-0.2, 0) is 11.0 Å². The summed E-state index contributed by atoms with van der Waals surface area (Å²) in [5, 5.41) is 0. The van der Waals surface area contributed by atoms with Gasteiger partial charge in [0.05, 0.1) is 5.56 Å². The number of carbonyl (C=O) groups is 1. The third-order valence-corrected chi connectivity index (χ3v) is 3.44. The zero-order valence-corrected chi connectivity index (χ0v) is 11.4. The van der Waals surface area contributed by atoms with E-state index < -0.39 is 11.7 Å². The summed E-state index contributed by atoms with van der Waals surface area (Å²) < 4.78 is 42.4. The molecule has 7 heteroatoms. The highest BCUT2D eigenvalue weighted by atomic mass is 19.4. The highest BCUT2D eigenvalue weighted by Gasteiger charge is 2.30. The molecule has 2 N–H and O–H groups in total. The molecular weight excluding hydrogens is 285 g/mol. The molecule has 1 heterocycles. The Bertz CT molecular complexity index is 480. The Hall–Kier alpha value is -1.76. The van der Waals surface area contributed by atoms with Crippen LogP contribution in [0.3, 0.4) is 0 Å². The van der Waals surface area contributed by atoms with Crippen molar-refractivity contribution in [2.45, 2.75) is 25.1 Å². The van der Waals surface area contributed by atoms with Crippen LogP contribution in [0.1, 0.15) is 18.4 Å². The average molecular weight is 302 g/mol. The lowest BCUT2D eigenvalue weighted by molar-refractivity contribution is -0.138. The van der Waals surface area contributed by atoms with Gasteiger partial charge >= 0.3 is 6.18 Å². The number of hydrogen-bond donors (Lipinski definition) is 1. The lowest BCUT2D eigenvalue weighted by Crippen LogP contribution is -2.44. The molecule has 0 aromatic heterocycles. The number of rotatable bonds is 3. The minimum Gasteiger partial charge on any atom is -0.484 e. The molecule has 0 radical (unpaired) electrons. The summed E-state index contributed by atoms with van der Waals surface area (Å²) in [6, 6.07) is 4.41. The number of ether oxygens (including phenoxy) is 1. The van der Waals surface area contributed by atoms with Gasteiger partial charge in [-0.15, -0.1) is 0 Å². The van der Waals surface area contributed by atoms with Crippen molar-refractivity contribution < 1.29 is 22.7 Å². The molecule has 0 saturated carbocycles. The van der Waals surface area contributed by atoms with Crippen LogP contribution in [0.4, 0.5) is 13.2 Å². The predicted molar refractivity (Wildman–Crippen MR) is 70.7 cm³/mol. The van der Waals surface area contributed by atoms with Gasteiger partial charge in [-0.1, -0.05) is 0 Å². The third-order valence-electron chi connectivity index (χ3n) is 3.44. The van der Waals surface area contributed by atoms with Gasteiger partial charge in [-0.25, -0.2) is 0 Å². The number of halogens is 3. The number of hydrogen-bond acceptors (Lipinski definition) is 3. The molecule has 0 bridgehead atoms. The summed E-state index contributed by atoms with van der Waals surface area (Å²) in [5.74, 6) is 0.0619. The van der Waals surface area contributed by atoms with E-state index in [0.29, 0.717) is 13.1 Å². The van der Waals surface area contributed by atoms with E-state index in [1.165, 1.54) is 12.1 Å². The fraction of sp³-hybridized carbons (Fsp3) is 0.500. The number of alkyl halides is 3. The molecule has 1 aliphatic rings. The maximum absolute atomic E-state index is 12.4. The van der Waals surface area contributed by atoms with Crippen molar-refractivity contribution in [3.63, 3.8) is 0 Å². The van der Waals surface area contributed by atoms with Crippen LogP contribution in [0, 0.1) is 0 Å². The van der Waals surface area contributed by atoms with Crippen molar-refractivity contribution in [2.75, 3.05) is 19.7 Å². The van der Waals surface area contributed by atoms with E-state index in [9.17, 15) is 18.0 Å². The van der Waals surface area contributed by atoms with Crippen molar-refractivity contribution >= 4 is 5.91 Å². The first kappa shape index (κ1) is 15.6. The van der Waals surface area contributed by atoms with Crippen molar-refractivity contribution in [3.8, 4) is 5.75 Å². The number of likely N-dealkylation sites (tertiary alicyclic amines) is 1. The van der Waals surface area contributed by atoms with Crippen LogP contribution in [0.25, 0.3) is 0 Å². The molecule has 116 valence electrons. The number of nitrogens with two attached hydrogens (primary N) is 1. The van der Waals surface area contributed by atoms with Crippen LogP contribution in [-0.4, -0.2) is 36.5 Å². The summed E-state index contributed by atoms with van der Waals surface area (Å²) >= 11 is 0. The minimum atomic E-state index is -4.37. The second kappa shape index (κ2) is 6.34. The van der Waals surface area contributed by atoms with Crippen molar-refractivity contribution in [1.82, 2.24) is 4.90 Å². The molecular formula is C14H17F3N2O2. The molecule has 2 rings (SSSR count). The molecule has 1 fully saturated rings. The molecule has 1 aliphatic heterocycles. The van der Waals surface area contributed by atoms with E-state index in [1.54, 1.807) is 4.90 Å². The molecule has 0 aliphatic carbocycles. The lowest BCUT2D eigenvalue weighted by Gasteiger charge is -2.30. The number of carbonyl (C=O) groups excluding carboxylic acids is 1. The van der Waals surface area contributed by atoms with Crippen LogP contribution >= 0.6 is 0 Å². The van der Waals surface area contributed by atoms with Crippen LogP contribution in [0.2, 0.25) is 0 Å². The molecule has 0 atom stereocenters. The van der Waals surface area contributed by atoms with Gasteiger partial charge in [-0.2, -0.15) is 13.2 Å². The standard InChI is InChI=1S/C14H17F3N2O2/c15-14(16,17)10-1-3-12(4-2-10)21-9-13(20)19-7-5-11(18)6-8-19/h1-4,11H,5-9,18H2. The largest absolute Gasteiger partial charge is 0.484 e. The van der Waals surface area contributed by atoms with Crippen molar-refractivity contribution in [2.24, 2.45) is 5.73 Å².